The Labute approximate surface area is 152 Å². The summed E-state index contributed by atoms with van der Waals surface area (Å²) in [5.41, 5.74) is 4.20. The quantitative estimate of drug-likeness (QED) is 0.762. The van der Waals surface area contributed by atoms with E-state index in [-0.39, 0.29) is 11.6 Å². The van der Waals surface area contributed by atoms with Crippen LogP contribution in [-0.4, -0.2) is 29.1 Å². The number of rotatable bonds is 4. The summed E-state index contributed by atoms with van der Waals surface area (Å²) in [6, 6.07) is 16.6. The van der Waals surface area contributed by atoms with Gasteiger partial charge in [0.15, 0.2) is 0 Å². The number of carboxylic acid groups (broad SMARTS) is 1. The van der Waals surface area contributed by atoms with E-state index in [9.17, 15) is 9.90 Å². The summed E-state index contributed by atoms with van der Waals surface area (Å²) in [7, 11) is 1.99. The lowest BCUT2D eigenvalue weighted by Crippen LogP contribution is -2.26. The molecule has 1 N–H and O–H groups in total. The van der Waals surface area contributed by atoms with Gasteiger partial charge in [0.2, 0.25) is 0 Å². The van der Waals surface area contributed by atoms with Crippen molar-refractivity contribution >= 4 is 22.6 Å². The maximum absolute atomic E-state index is 11.3. The molecule has 0 fully saturated rings. The number of hydrogen-bond donors (Lipinski definition) is 1. The molecule has 0 unspecified atom stereocenters. The second-order valence-electron chi connectivity index (χ2n) is 6.46. The lowest BCUT2D eigenvalue weighted by Gasteiger charge is -2.26. The molecule has 5 heteroatoms. The third kappa shape index (κ3) is 3.22. The zero-order valence-electron chi connectivity index (χ0n) is 14.9. The molecule has 0 radical (unpaired) electrons. The van der Waals surface area contributed by atoms with Crippen molar-refractivity contribution in [1.29, 1.82) is 5.26 Å². The normalized spacial score (nSPS) is 10.7. The fourth-order valence-electron chi connectivity index (χ4n) is 2.76. The van der Waals surface area contributed by atoms with Gasteiger partial charge in [-0.2, -0.15) is 5.26 Å². The molecule has 0 bridgehead atoms. The Morgan fingerprint density at radius 1 is 1.15 bits per heavy atom. The monoisotopic (exact) mass is 345 g/mol. The first kappa shape index (κ1) is 17.4. The number of carboxylic acids is 1. The molecule has 0 aliphatic rings. The number of fused-ring (bicyclic) bond motifs is 1. The number of aromatic carboxylic acids is 1. The second kappa shape index (κ2) is 6.85. The molecule has 3 aromatic rings. The van der Waals surface area contributed by atoms with Gasteiger partial charge < -0.3 is 10.0 Å². The summed E-state index contributed by atoms with van der Waals surface area (Å²) < 4.78 is 0. The van der Waals surface area contributed by atoms with E-state index in [4.69, 9.17) is 10.2 Å². The van der Waals surface area contributed by atoms with Gasteiger partial charge in [-0.15, -0.1) is 0 Å². The molecule has 0 spiro atoms. The largest absolute Gasteiger partial charge is 0.478 e. The molecule has 1 heterocycles. The summed E-state index contributed by atoms with van der Waals surface area (Å²) in [4.78, 5) is 18.2. The first-order valence-corrected chi connectivity index (χ1v) is 8.32. The molecule has 0 amide bonds. The zero-order chi connectivity index (χ0) is 18.8. The van der Waals surface area contributed by atoms with Crippen molar-refractivity contribution in [1.82, 2.24) is 4.98 Å². The molecular weight excluding hydrogens is 326 g/mol. The number of anilines is 1. The number of aromatic nitrogens is 1. The Kier molecular flexibility index (Phi) is 4.59. The smallest absolute Gasteiger partial charge is 0.335 e. The Bertz CT molecular complexity index is 1020. The van der Waals surface area contributed by atoms with Gasteiger partial charge in [-0.25, -0.2) is 9.78 Å². The van der Waals surface area contributed by atoms with Crippen LogP contribution < -0.4 is 4.90 Å². The molecule has 1 aromatic heterocycles. The van der Waals surface area contributed by atoms with Crippen molar-refractivity contribution < 1.29 is 9.90 Å². The van der Waals surface area contributed by atoms with Crippen LogP contribution in [0.1, 0.15) is 29.8 Å². The fourth-order valence-corrected chi connectivity index (χ4v) is 2.76. The Balaban J connectivity index is 2.24. The van der Waals surface area contributed by atoms with E-state index in [1.165, 1.54) is 0 Å². The van der Waals surface area contributed by atoms with Crippen molar-refractivity contribution in [3.63, 3.8) is 0 Å². The highest BCUT2D eigenvalue weighted by molar-refractivity contribution is 5.96. The van der Waals surface area contributed by atoms with E-state index in [0.717, 1.165) is 27.8 Å². The first-order valence-electron chi connectivity index (χ1n) is 8.32. The maximum atomic E-state index is 11.3. The molecule has 0 atom stereocenters. The van der Waals surface area contributed by atoms with Gasteiger partial charge in [-0.3, -0.25) is 0 Å². The number of carbonyl (C=O) groups is 1. The van der Waals surface area contributed by atoms with Crippen LogP contribution in [0.3, 0.4) is 0 Å². The Hall–Kier alpha value is -3.39. The van der Waals surface area contributed by atoms with Gasteiger partial charge in [0, 0.05) is 24.0 Å². The van der Waals surface area contributed by atoms with E-state index in [0.29, 0.717) is 5.56 Å². The molecular formula is C21H19N3O2. The van der Waals surface area contributed by atoms with Gasteiger partial charge in [-0.1, -0.05) is 12.1 Å². The maximum Gasteiger partial charge on any atom is 0.335 e. The number of hydrogen-bond acceptors (Lipinski definition) is 4. The highest BCUT2D eigenvalue weighted by Crippen LogP contribution is 2.33. The van der Waals surface area contributed by atoms with Crippen molar-refractivity contribution in [3.8, 4) is 17.3 Å². The molecule has 0 aliphatic heterocycles. The van der Waals surface area contributed by atoms with Gasteiger partial charge in [0.25, 0.3) is 0 Å². The van der Waals surface area contributed by atoms with Gasteiger partial charge >= 0.3 is 5.97 Å². The Morgan fingerprint density at radius 2 is 1.85 bits per heavy atom. The van der Waals surface area contributed by atoms with E-state index in [2.05, 4.69) is 24.8 Å². The van der Waals surface area contributed by atoms with E-state index < -0.39 is 5.97 Å². The lowest BCUT2D eigenvalue weighted by molar-refractivity contribution is 0.0697. The molecule has 26 heavy (non-hydrogen) atoms. The highest BCUT2D eigenvalue weighted by Gasteiger charge is 2.16. The van der Waals surface area contributed by atoms with Gasteiger partial charge in [-0.05, 0) is 50.2 Å². The third-order valence-electron chi connectivity index (χ3n) is 4.48. The molecule has 0 saturated carbocycles. The molecule has 0 aliphatic carbocycles. The van der Waals surface area contributed by atoms with E-state index in [1.807, 2.05) is 25.2 Å². The molecule has 130 valence electrons. The Morgan fingerprint density at radius 3 is 2.42 bits per heavy atom. The summed E-state index contributed by atoms with van der Waals surface area (Å²) in [6.07, 6.45) is 0. The van der Waals surface area contributed by atoms with Gasteiger partial charge in [0.1, 0.15) is 0 Å². The van der Waals surface area contributed by atoms with Crippen LogP contribution in [0.2, 0.25) is 0 Å². The average Bonchev–Trinajstić information content (AvgIpc) is 2.65. The molecule has 2 aromatic carbocycles. The number of nitriles is 1. The second-order valence-corrected chi connectivity index (χ2v) is 6.46. The van der Waals surface area contributed by atoms with Crippen molar-refractivity contribution in [2.24, 2.45) is 0 Å². The van der Waals surface area contributed by atoms with Crippen LogP contribution in [0.4, 0.5) is 5.69 Å². The number of benzene rings is 2. The molecule has 5 nitrogen and oxygen atoms in total. The van der Waals surface area contributed by atoms with E-state index in [1.54, 1.807) is 30.3 Å². The highest BCUT2D eigenvalue weighted by atomic mass is 16.4. The molecule has 0 saturated heterocycles. The van der Waals surface area contributed by atoms with Crippen LogP contribution in [0, 0.1) is 11.3 Å². The van der Waals surface area contributed by atoms with Crippen LogP contribution in [-0.2, 0) is 0 Å². The van der Waals surface area contributed by atoms with Crippen LogP contribution in [0.25, 0.3) is 22.2 Å². The average molecular weight is 345 g/mol. The number of pyridine rings is 1. The summed E-state index contributed by atoms with van der Waals surface area (Å²) in [5, 5.41) is 19.0. The topological polar surface area (TPSA) is 77.2 Å². The SMILES string of the molecule is CC(C)N(C)c1cc2cc(C(=O)O)ccc2nc1-c1ccc(C#N)cc1. The fraction of sp³-hybridized carbons (Fsp3) is 0.190. The van der Waals surface area contributed by atoms with Crippen molar-refractivity contribution in [2.75, 3.05) is 11.9 Å². The zero-order valence-corrected chi connectivity index (χ0v) is 14.9. The lowest BCUT2D eigenvalue weighted by atomic mass is 10.0. The standard InChI is InChI=1S/C21H19N3O2/c1-13(2)24(3)19-11-17-10-16(21(25)26)8-9-18(17)23-20(19)15-6-4-14(12-22)5-7-15/h4-11,13H,1-3H3,(H,25,26). The van der Waals surface area contributed by atoms with Crippen LogP contribution >= 0.6 is 0 Å². The van der Waals surface area contributed by atoms with Gasteiger partial charge in [0.05, 0.1) is 34.1 Å². The minimum Gasteiger partial charge on any atom is -0.478 e. The summed E-state index contributed by atoms with van der Waals surface area (Å²) >= 11 is 0. The van der Waals surface area contributed by atoms with Crippen LogP contribution in [0.5, 0.6) is 0 Å². The minimum atomic E-state index is -0.957. The predicted octanol–water partition coefficient (Wildman–Crippen LogP) is 4.32. The van der Waals surface area contributed by atoms with E-state index >= 15 is 0 Å². The minimum absolute atomic E-state index is 0.239. The summed E-state index contributed by atoms with van der Waals surface area (Å²) in [6.45, 7) is 4.17. The number of nitrogens with zero attached hydrogens (tertiary/aromatic N) is 3. The van der Waals surface area contributed by atoms with Crippen molar-refractivity contribution in [3.05, 3.63) is 59.7 Å². The van der Waals surface area contributed by atoms with Crippen molar-refractivity contribution in [2.45, 2.75) is 19.9 Å². The third-order valence-corrected chi connectivity index (χ3v) is 4.48. The first-order chi connectivity index (χ1) is 12.4. The summed E-state index contributed by atoms with van der Waals surface area (Å²) in [5.74, 6) is -0.957. The predicted molar refractivity (Wildman–Crippen MR) is 102 cm³/mol. The molecule has 3 rings (SSSR count). The van der Waals surface area contributed by atoms with Crippen LogP contribution in [0.15, 0.2) is 48.5 Å².